The van der Waals surface area contributed by atoms with Crippen molar-refractivity contribution in [2.45, 2.75) is 63.6 Å². The van der Waals surface area contributed by atoms with Crippen LogP contribution >= 0.6 is 0 Å². The molecule has 3 rings (SSSR count). The highest BCUT2D eigenvalue weighted by molar-refractivity contribution is 5.49. The van der Waals surface area contributed by atoms with E-state index in [0.717, 1.165) is 0 Å². The van der Waals surface area contributed by atoms with Crippen LogP contribution < -0.4 is 0 Å². The van der Waals surface area contributed by atoms with Gasteiger partial charge in [-0.2, -0.15) is 0 Å². The summed E-state index contributed by atoms with van der Waals surface area (Å²) in [5.41, 5.74) is 1.48. The number of rotatable bonds is 2. The lowest BCUT2D eigenvalue weighted by Crippen LogP contribution is -2.41. The average molecular weight is 270 g/mol. The van der Waals surface area contributed by atoms with E-state index in [1.807, 2.05) is 0 Å². The van der Waals surface area contributed by atoms with Gasteiger partial charge in [-0.05, 0) is 45.1 Å². The first-order chi connectivity index (χ1) is 9.60. The Morgan fingerprint density at radius 2 is 1.85 bits per heavy atom. The Balaban J connectivity index is 1.78. The summed E-state index contributed by atoms with van der Waals surface area (Å²) in [6.45, 7) is 4.49. The van der Waals surface area contributed by atoms with Crippen LogP contribution in [0, 0.1) is 5.92 Å². The van der Waals surface area contributed by atoms with Crippen molar-refractivity contribution in [3.8, 4) is 0 Å². The van der Waals surface area contributed by atoms with Gasteiger partial charge in [-0.1, -0.05) is 55.3 Å². The Morgan fingerprint density at radius 1 is 1.05 bits per heavy atom. The molecular weight excluding hydrogens is 244 g/mol. The number of hydrogen-bond donors (Lipinski definition) is 0. The first-order valence-corrected chi connectivity index (χ1v) is 8.03. The van der Waals surface area contributed by atoms with Gasteiger partial charge in [0.1, 0.15) is 0 Å². The van der Waals surface area contributed by atoms with Gasteiger partial charge in [0.15, 0.2) is 0 Å². The van der Waals surface area contributed by atoms with E-state index >= 15 is 0 Å². The van der Waals surface area contributed by atoms with Crippen molar-refractivity contribution in [3.63, 3.8) is 0 Å². The fourth-order valence-electron chi connectivity index (χ4n) is 3.90. The van der Waals surface area contributed by atoms with Crippen molar-refractivity contribution in [3.05, 3.63) is 42.0 Å². The predicted octanol–water partition coefficient (Wildman–Crippen LogP) is 5.22. The second-order valence-electron chi connectivity index (χ2n) is 7.05. The number of ether oxygens (including phenoxy) is 1. The summed E-state index contributed by atoms with van der Waals surface area (Å²) >= 11 is 0. The Hall–Kier alpha value is -1.08. The minimum absolute atomic E-state index is 0.0657. The minimum atomic E-state index is 0.0657. The molecule has 0 N–H and O–H groups in total. The van der Waals surface area contributed by atoms with E-state index in [9.17, 15) is 0 Å². The largest absolute Gasteiger partial charge is 0.369 e. The van der Waals surface area contributed by atoms with Gasteiger partial charge >= 0.3 is 0 Å². The van der Waals surface area contributed by atoms with Crippen molar-refractivity contribution >= 4 is 6.08 Å². The van der Waals surface area contributed by atoms with Crippen molar-refractivity contribution < 1.29 is 4.74 Å². The topological polar surface area (TPSA) is 9.23 Å². The zero-order chi connectivity index (χ0) is 14.1. The second-order valence-corrected chi connectivity index (χ2v) is 7.05. The highest BCUT2D eigenvalue weighted by Crippen LogP contribution is 2.49. The molecule has 1 spiro atoms. The van der Waals surface area contributed by atoms with Crippen LogP contribution in [0.3, 0.4) is 0 Å². The normalized spacial score (nSPS) is 33.0. The van der Waals surface area contributed by atoms with E-state index in [1.165, 1.54) is 44.1 Å². The lowest BCUT2D eigenvalue weighted by molar-refractivity contribution is -0.122. The van der Waals surface area contributed by atoms with Crippen LogP contribution in [-0.4, -0.2) is 11.2 Å². The summed E-state index contributed by atoms with van der Waals surface area (Å²) in [5.74, 6) is 0.582. The molecule has 20 heavy (non-hydrogen) atoms. The van der Waals surface area contributed by atoms with Gasteiger partial charge in [-0.25, -0.2) is 0 Å². The van der Waals surface area contributed by atoms with Crippen molar-refractivity contribution in [1.82, 2.24) is 0 Å². The molecule has 1 heteroatoms. The molecule has 1 saturated heterocycles. The SMILES string of the molecule is CC1(C)CC[C@@]2(CCCC[C@H]2/C=C/c2ccccc2)O1. The molecule has 1 aliphatic carbocycles. The van der Waals surface area contributed by atoms with Gasteiger partial charge in [0.25, 0.3) is 0 Å². The highest BCUT2D eigenvalue weighted by Gasteiger charge is 2.49. The molecule has 2 fully saturated rings. The molecular formula is C19H26O. The quantitative estimate of drug-likeness (QED) is 0.716. The zero-order valence-electron chi connectivity index (χ0n) is 12.8. The Labute approximate surface area is 123 Å². The summed E-state index contributed by atoms with van der Waals surface area (Å²) in [6, 6.07) is 10.6. The van der Waals surface area contributed by atoms with E-state index in [4.69, 9.17) is 4.74 Å². The molecule has 0 unspecified atom stereocenters. The molecule has 1 aliphatic heterocycles. The lowest BCUT2D eigenvalue weighted by Gasteiger charge is -2.41. The van der Waals surface area contributed by atoms with Gasteiger partial charge in [-0.15, -0.1) is 0 Å². The molecule has 2 aliphatic rings. The molecule has 0 aromatic heterocycles. The molecule has 0 radical (unpaired) electrons. The Morgan fingerprint density at radius 3 is 2.55 bits per heavy atom. The van der Waals surface area contributed by atoms with Crippen LogP contribution in [0.5, 0.6) is 0 Å². The Kier molecular flexibility index (Phi) is 3.72. The van der Waals surface area contributed by atoms with Gasteiger partial charge < -0.3 is 4.74 Å². The van der Waals surface area contributed by atoms with Crippen LogP contribution in [0.4, 0.5) is 0 Å². The van der Waals surface area contributed by atoms with Crippen LogP contribution in [0.1, 0.15) is 57.9 Å². The summed E-state index contributed by atoms with van der Waals surface area (Å²) in [4.78, 5) is 0. The van der Waals surface area contributed by atoms with Crippen molar-refractivity contribution in [2.75, 3.05) is 0 Å². The van der Waals surface area contributed by atoms with E-state index in [2.05, 4.69) is 56.3 Å². The fraction of sp³-hybridized carbons (Fsp3) is 0.579. The first kappa shape index (κ1) is 13.9. The Bertz CT molecular complexity index is 474. The zero-order valence-corrected chi connectivity index (χ0v) is 12.8. The molecule has 0 bridgehead atoms. The monoisotopic (exact) mass is 270 g/mol. The van der Waals surface area contributed by atoms with Gasteiger partial charge in [0, 0.05) is 5.92 Å². The fourth-order valence-corrected chi connectivity index (χ4v) is 3.90. The maximum atomic E-state index is 6.53. The smallest absolute Gasteiger partial charge is 0.0753 e. The first-order valence-electron chi connectivity index (χ1n) is 8.03. The molecule has 1 saturated carbocycles. The van der Waals surface area contributed by atoms with Crippen molar-refractivity contribution in [1.29, 1.82) is 0 Å². The van der Waals surface area contributed by atoms with Crippen LogP contribution in [0.15, 0.2) is 36.4 Å². The third-order valence-electron chi connectivity index (χ3n) is 4.99. The van der Waals surface area contributed by atoms with Crippen LogP contribution in [0.25, 0.3) is 6.08 Å². The molecule has 1 aromatic rings. The summed E-state index contributed by atoms with van der Waals surface area (Å²) < 4.78 is 6.53. The maximum absolute atomic E-state index is 6.53. The summed E-state index contributed by atoms with van der Waals surface area (Å²) in [5, 5.41) is 0. The van der Waals surface area contributed by atoms with Gasteiger partial charge in [0.2, 0.25) is 0 Å². The standard InChI is InChI=1S/C19H26O/c1-18(2)14-15-19(20-18)13-7-6-10-17(19)12-11-16-8-4-3-5-9-16/h3-5,8-9,11-12,17H,6-7,10,13-15H2,1-2H3/b12-11+/t17-,19+/m0/s1. The number of benzene rings is 1. The van der Waals surface area contributed by atoms with Gasteiger partial charge in [-0.3, -0.25) is 0 Å². The maximum Gasteiger partial charge on any atom is 0.0753 e. The highest BCUT2D eigenvalue weighted by atomic mass is 16.5. The molecule has 1 aromatic carbocycles. The third kappa shape index (κ3) is 2.83. The molecule has 1 nitrogen and oxygen atoms in total. The minimum Gasteiger partial charge on any atom is -0.369 e. The van der Waals surface area contributed by atoms with Crippen LogP contribution in [0.2, 0.25) is 0 Å². The summed E-state index contributed by atoms with van der Waals surface area (Å²) in [6.07, 6.45) is 12.3. The van der Waals surface area contributed by atoms with E-state index < -0.39 is 0 Å². The third-order valence-corrected chi connectivity index (χ3v) is 4.99. The lowest BCUT2D eigenvalue weighted by atomic mass is 9.73. The average Bonchev–Trinajstić information content (AvgIpc) is 2.75. The summed E-state index contributed by atoms with van der Waals surface area (Å²) in [7, 11) is 0. The molecule has 0 amide bonds. The number of hydrogen-bond acceptors (Lipinski definition) is 1. The van der Waals surface area contributed by atoms with E-state index in [1.54, 1.807) is 0 Å². The van der Waals surface area contributed by atoms with Crippen LogP contribution in [-0.2, 0) is 4.74 Å². The molecule has 2 atom stereocenters. The molecule has 1 heterocycles. The molecule has 108 valence electrons. The van der Waals surface area contributed by atoms with E-state index in [-0.39, 0.29) is 11.2 Å². The predicted molar refractivity (Wildman–Crippen MR) is 84.6 cm³/mol. The van der Waals surface area contributed by atoms with Crippen molar-refractivity contribution in [2.24, 2.45) is 5.92 Å². The van der Waals surface area contributed by atoms with Gasteiger partial charge in [0.05, 0.1) is 11.2 Å². The van der Waals surface area contributed by atoms with E-state index in [0.29, 0.717) is 5.92 Å². The second kappa shape index (κ2) is 5.37.